The first kappa shape index (κ1) is 22.6. The Morgan fingerprint density at radius 3 is 1.51 bits per heavy atom. The predicted octanol–water partition coefficient (Wildman–Crippen LogP) is 5.94. The van der Waals surface area contributed by atoms with Gasteiger partial charge < -0.3 is 0 Å². The molecule has 0 spiro atoms. The summed E-state index contributed by atoms with van der Waals surface area (Å²) in [6.07, 6.45) is 0. The molecule has 0 bridgehead atoms. The molecule has 0 radical (unpaired) electrons. The maximum absolute atomic E-state index is 13.9. The summed E-state index contributed by atoms with van der Waals surface area (Å²) in [5.41, 5.74) is 1.90. The van der Waals surface area contributed by atoms with E-state index in [4.69, 9.17) is 22.2 Å². The van der Waals surface area contributed by atoms with E-state index in [0.717, 1.165) is 4.31 Å². The number of amidine groups is 2. The van der Waals surface area contributed by atoms with Crippen LogP contribution in [0.4, 0.5) is 17.1 Å². The second kappa shape index (κ2) is 9.61. The van der Waals surface area contributed by atoms with Crippen molar-refractivity contribution in [3.63, 3.8) is 0 Å². The van der Waals surface area contributed by atoms with Crippen molar-refractivity contribution in [2.24, 2.45) is 9.98 Å². The number of para-hydroxylation sites is 3. The lowest BCUT2D eigenvalue weighted by molar-refractivity contribution is 0.572. The molecule has 0 atom stereocenters. The fraction of sp³-hybridized carbons (Fsp3) is 0. The smallest absolute Gasteiger partial charge is 0.267 e. The molecule has 4 aromatic rings. The summed E-state index contributed by atoms with van der Waals surface area (Å²) in [5, 5.41) is 0.0458. The number of hydrogen-bond acceptors (Lipinski definition) is 5. The van der Waals surface area contributed by atoms with Gasteiger partial charge in [-0.3, -0.25) is 4.90 Å². The third kappa shape index (κ3) is 4.49. The molecule has 1 saturated heterocycles. The van der Waals surface area contributed by atoms with Crippen LogP contribution in [0.15, 0.2) is 136 Å². The van der Waals surface area contributed by atoms with Gasteiger partial charge in [0.25, 0.3) is 10.0 Å². The van der Waals surface area contributed by atoms with E-state index in [0.29, 0.717) is 22.9 Å². The summed E-state index contributed by atoms with van der Waals surface area (Å²) < 4.78 is 28.9. The average Bonchev–Trinajstić information content (AvgIpc) is 3.17. The van der Waals surface area contributed by atoms with Crippen LogP contribution in [-0.4, -0.2) is 29.5 Å². The van der Waals surface area contributed by atoms with Crippen LogP contribution in [-0.2, 0) is 10.0 Å². The molecule has 1 aliphatic rings. The first-order valence-corrected chi connectivity index (χ1v) is 12.7. The Balaban J connectivity index is 1.78. The maximum atomic E-state index is 13.9. The lowest BCUT2D eigenvalue weighted by Gasteiger charge is -2.20. The summed E-state index contributed by atoms with van der Waals surface area (Å²) in [7, 11) is -4.08. The number of anilines is 1. The van der Waals surface area contributed by atoms with Crippen molar-refractivity contribution in [3.05, 3.63) is 121 Å². The summed E-state index contributed by atoms with van der Waals surface area (Å²) in [6, 6.07) is 36.0. The molecule has 0 unspecified atom stereocenters. The van der Waals surface area contributed by atoms with Crippen molar-refractivity contribution in [1.82, 2.24) is 4.31 Å². The van der Waals surface area contributed by atoms with Crippen molar-refractivity contribution < 1.29 is 8.42 Å². The van der Waals surface area contributed by atoms with Gasteiger partial charge in [-0.25, -0.2) is 18.4 Å². The molecule has 6 nitrogen and oxygen atoms in total. The van der Waals surface area contributed by atoms with Gasteiger partial charge in [0.2, 0.25) is 5.11 Å². The van der Waals surface area contributed by atoms with E-state index in [-0.39, 0.29) is 15.8 Å². The van der Waals surface area contributed by atoms with Gasteiger partial charge in [-0.15, -0.1) is 0 Å². The summed E-state index contributed by atoms with van der Waals surface area (Å²) in [5.74, 6) is 0.438. The van der Waals surface area contributed by atoms with Crippen molar-refractivity contribution in [2.75, 3.05) is 4.90 Å². The van der Waals surface area contributed by atoms with Crippen molar-refractivity contribution in [2.45, 2.75) is 4.90 Å². The second-order valence-electron chi connectivity index (χ2n) is 7.58. The first-order chi connectivity index (χ1) is 17.1. The topological polar surface area (TPSA) is 65.3 Å². The van der Waals surface area contributed by atoms with Gasteiger partial charge in [0.05, 0.1) is 22.0 Å². The van der Waals surface area contributed by atoms with E-state index in [9.17, 15) is 8.42 Å². The van der Waals surface area contributed by atoms with Crippen LogP contribution < -0.4 is 4.90 Å². The van der Waals surface area contributed by atoms with E-state index in [2.05, 4.69) is 0 Å². The standard InChI is InChI=1S/C27H20N4O2S2/c32-35(33,24-19-11-4-12-20-24)31-26(29-22-15-7-2-8-16-22)25(28-21-13-5-1-6-14-21)30(27(31)34)23-17-9-3-10-18-23/h1-20H. The number of thiocarbonyl (C=S) groups is 1. The zero-order valence-corrected chi connectivity index (χ0v) is 20.1. The molecular formula is C27H20N4O2S2. The molecule has 8 heteroatoms. The van der Waals surface area contributed by atoms with Gasteiger partial charge in [-0.2, -0.15) is 4.31 Å². The van der Waals surface area contributed by atoms with Gasteiger partial charge in [-0.05, 0) is 60.7 Å². The number of nitrogens with zero attached hydrogens (tertiary/aromatic N) is 4. The second-order valence-corrected chi connectivity index (χ2v) is 9.73. The van der Waals surface area contributed by atoms with Crippen LogP contribution in [0.3, 0.4) is 0 Å². The number of aliphatic imine (C=N–C) groups is 2. The van der Waals surface area contributed by atoms with E-state index in [1.807, 2.05) is 78.9 Å². The van der Waals surface area contributed by atoms with Crippen LogP contribution in [0.5, 0.6) is 0 Å². The zero-order valence-electron chi connectivity index (χ0n) is 18.5. The number of benzene rings is 4. The molecule has 5 rings (SSSR count). The van der Waals surface area contributed by atoms with Gasteiger partial charge in [-0.1, -0.05) is 72.8 Å². The minimum absolute atomic E-state index is 0.0458. The Morgan fingerprint density at radius 1 is 0.571 bits per heavy atom. The Morgan fingerprint density at radius 2 is 1.00 bits per heavy atom. The highest BCUT2D eigenvalue weighted by Gasteiger charge is 2.46. The predicted molar refractivity (Wildman–Crippen MR) is 144 cm³/mol. The van der Waals surface area contributed by atoms with Crippen LogP contribution in [0.25, 0.3) is 0 Å². The monoisotopic (exact) mass is 496 g/mol. The molecule has 0 saturated carbocycles. The van der Waals surface area contributed by atoms with E-state index < -0.39 is 10.0 Å². The fourth-order valence-electron chi connectivity index (χ4n) is 3.63. The zero-order chi connectivity index (χ0) is 24.3. The molecule has 0 aromatic heterocycles. The largest absolute Gasteiger partial charge is 0.271 e. The van der Waals surface area contributed by atoms with Crippen molar-refractivity contribution >= 4 is 56.1 Å². The average molecular weight is 497 g/mol. The summed E-state index contributed by atoms with van der Waals surface area (Å²) >= 11 is 5.79. The first-order valence-electron chi connectivity index (χ1n) is 10.8. The van der Waals surface area contributed by atoms with Crippen LogP contribution >= 0.6 is 12.2 Å². The molecular weight excluding hydrogens is 476 g/mol. The third-order valence-corrected chi connectivity index (χ3v) is 7.42. The van der Waals surface area contributed by atoms with E-state index in [1.165, 1.54) is 12.1 Å². The van der Waals surface area contributed by atoms with Crippen LogP contribution in [0, 0.1) is 0 Å². The van der Waals surface area contributed by atoms with E-state index >= 15 is 0 Å². The van der Waals surface area contributed by atoms with Gasteiger partial charge in [0, 0.05) is 0 Å². The molecule has 35 heavy (non-hydrogen) atoms. The van der Waals surface area contributed by atoms with Gasteiger partial charge in [0.1, 0.15) is 0 Å². The number of hydrogen-bond donors (Lipinski definition) is 0. The minimum Gasteiger partial charge on any atom is -0.267 e. The maximum Gasteiger partial charge on any atom is 0.271 e. The molecule has 1 aliphatic heterocycles. The Labute approximate surface area is 209 Å². The highest BCUT2D eigenvalue weighted by Crippen LogP contribution is 2.31. The number of rotatable bonds is 5. The quantitative estimate of drug-likeness (QED) is 0.321. The normalized spacial score (nSPS) is 16.3. The molecule has 0 amide bonds. The van der Waals surface area contributed by atoms with Gasteiger partial charge >= 0.3 is 0 Å². The molecule has 4 aromatic carbocycles. The molecule has 1 fully saturated rings. The van der Waals surface area contributed by atoms with Crippen molar-refractivity contribution in [3.8, 4) is 0 Å². The SMILES string of the molecule is O=S(=O)(c1ccccc1)N1C(=S)N(c2ccccc2)C(=Nc2ccccc2)C1=Nc1ccccc1. The van der Waals surface area contributed by atoms with Crippen molar-refractivity contribution in [1.29, 1.82) is 0 Å². The fourth-order valence-corrected chi connectivity index (χ4v) is 5.55. The molecule has 0 N–H and O–H groups in total. The summed E-state index contributed by atoms with van der Waals surface area (Å²) in [4.78, 5) is 11.3. The van der Waals surface area contributed by atoms with Crippen LogP contribution in [0.1, 0.15) is 0 Å². The lowest BCUT2D eigenvalue weighted by atomic mass is 10.3. The summed E-state index contributed by atoms with van der Waals surface area (Å²) in [6.45, 7) is 0. The lowest BCUT2D eigenvalue weighted by Crippen LogP contribution is -2.38. The molecule has 1 heterocycles. The van der Waals surface area contributed by atoms with Gasteiger partial charge in [0.15, 0.2) is 11.7 Å². The highest BCUT2D eigenvalue weighted by molar-refractivity contribution is 7.92. The Bertz CT molecular complexity index is 1510. The minimum atomic E-state index is -4.08. The Hall–Kier alpha value is -4.14. The van der Waals surface area contributed by atoms with Crippen LogP contribution in [0.2, 0.25) is 0 Å². The van der Waals surface area contributed by atoms with E-state index in [1.54, 1.807) is 35.2 Å². The Kier molecular flexibility index (Phi) is 6.22. The third-order valence-electron chi connectivity index (χ3n) is 5.25. The highest BCUT2D eigenvalue weighted by atomic mass is 32.2. The molecule has 172 valence electrons. The molecule has 0 aliphatic carbocycles. The number of sulfonamides is 1.